The predicted octanol–water partition coefficient (Wildman–Crippen LogP) is 3.71. The Morgan fingerprint density at radius 1 is 1.04 bits per heavy atom. The van der Waals surface area contributed by atoms with Crippen LogP contribution < -0.4 is 15.4 Å². The molecule has 5 nitrogen and oxygen atoms in total. The van der Waals surface area contributed by atoms with Gasteiger partial charge in [0, 0.05) is 12.1 Å². The average Bonchev–Trinajstić information content (AvgIpc) is 2.71. The van der Waals surface area contributed by atoms with Crippen LogP contribution in [0, 0.1) is 0 Å². The summed E-state index contributed by atoms with van der Waals surface area (Å²) in [5.74, 6) is 0.541. The van der Waals surface area contributed by atoms with Gasteiger partial charge in [0.1, 0.15) is 5.75 Å². The van der Waals surface area contributed by atoms with E-state index >= 15 is 0 Å². The van der Waals surface area contributed by atoms with E-state index in [1.54, 1.807) is 6.07 Å². The van der Waals surface area contributed by atoms with Crippen molar-refractivity contribution in [1.82, 2.24) is 5.32 Å². The van der Waals surface area contributed by atoms with Crippen molar-refractivity contribution in [3.8, 4) is 5.75 Å². The van der Waals surface area contributed by atoms with E-state index in [4.69, 9.17) is 4.74 Å². The standard InChI is InChI=1S/C23H26N2O3/c1-15(17-7-6-16-4-2-3-5-18(16)12-17)24-23(27)14-28-20-9-10-21-19(13-20)8-11-22(26)25-21/h6-7,9-10,12-13,15H,2-5,8,11,14H2,1H3,(H,24,27)(H,25,26)/t15-/m0/s1. The molecule has 0 radical (unpaired) electrons. The summed E-state index contributed by atoms with van der Waals surface area (Å²) in [6, 6.07) is 12.0. The first-order chi connectivity index (χ1) is 13.6. The van der Waals surface area contributed by atoms with Crippen LogP contribution in [0.15, 0.2) is 36.4 Å². The lowest BCUT2D eigenvalue weighted by molar-refractivity contribution is -0.123. The normalized spacial score (nSPS) is 16.4. The molecule has 2 aromatic rings. The Labute approximate surface area is 165 Å². The number of anilines is 1. The molecule has 2 aromatic carbocycles. The first-order valence-corrected chi connectivity index (χ1v) is 10.0. The molecular formula is C23H26N2O3. The zero-order chi connectivity index (χ0) is 19.5. The molecule has 0 unspecified atom stereocenters. The minimum Gasteiger partial charge on any atom is -0.484 e. The van der Waals surface area contributed by atoms with Crippen molar-refractivity contribution in [2.24, 2.45) is 0 Å². The number of carbonyl (C=O) groups is 2. The maximum Gasteiger partial charge on any atom is 0.258 e. The van der Waals surface area contributed by atoms with Gasteiger partial charge >= 0.3 is 0 Å². The van der Waals surface area contributed by atoms with Gasteiger partial charge in [0.05, 0.1) is 6.04 Å². The molecule has 0 spiro atoms. The molecule has 2 aliphatic rings. The highest BCUT2D eigenvalue weighted by molar-refractivity contribution is 5.94. The van der Waals surface area contributed by atoms with Crippen LogP contribution in [0.3, 0.4) is 0 Å². The predicted molar refractivity (Wildman–Crippen MR) is 109 cm³/mol. The zero-order valence-corrected chi connectivity index (χ0v) is 16.2. The van der Waals surface area contributed by atoms with E-state index in [2.05, 4.69) is 28.8 Å². The molecule has 5 heteroatoms. The van der Waals surface area contributed by atoms with Gasteiger partial charge in [-0.15, -0.1) is 0 Å². The maximum atomic E-state index is 12.3. The van der Waals surface area contributed by atoms with Crippen molar-refractivity contribution in [1.29, 1.82) is 0 Å². The third-order valence-corrected chi connectivity index (χ3v) is 5.59. The first-order valence-electron chi connectivity index (χ1n) is 10.0. The number of benzene rings is 2. The van der Waals surface area contributed by atoms with Crippen molar-refractivity contribution in [2.75, 3.05) is 11.9 Å². The summed E-state index contributed by atoms with van der Waals surface area (Å²) in [5.41, 5.74) is 5.87. The Hall–Kier alpha value is -2.82. The van der Waals surface area contributed by atoms with E-state index in [1.165, 1.54) is 24.0 Å². The van der Waals surface area contributed by atoms with Gasteiger partial charge < -0.3 is 15.4 Å². The number of rotatable bonds is 5. The minimum absolute atomic E-state index is 0.0274. The van der Waals surface area contributed by atoms with Crippen LogP contribution in [0.1, 0.15) is 54.5 Å². The van der Waals surface area contributed by atoms with Crippen molar-refractivity contribution in [2.45, 2.75) is 51.5 Å². The number of hydrogen-bond donors (Lipinski definition) is 2. The number of hydrogen-bond acceptors (Lipinski definition) is 3. The number of fused-ring (bicyclic) bond motifs is 2. The molecule has 1 heterocycles. The summed E-state index contributed by atoms with van der Waals surface area (Å²) in [4.78, 5) is 23.8. The Morgan fingerprint density at radius 2 is 1.86 bits per heavy atom. The van der Waals surface area contributed by atoms with Gasteiger partial charge in [-0.1, -0.05) is 18.2 Å². The number of nitrogens with one attached hydrogen (secondary N) is 2. The summed E-state index contributed by atoms with van der Waals surface area (Å²) in [6.07, 6.45) is 5.98. The van der Waals surface area contributed by atoms with Crippen LogP contribution in [0.5, 0.6) is 5.75 Å². The Morgan fingerprint density at radius 3 is 2.71 bits per heavy atom. The number of aryl methyl sites for hydroxylation is 3. The van der Waals surface area contributed by atoms with Crippen LogP contribution in [-0.4, -0.2) is 18.4 Å². The molecule has 0 fully saturated rings. The minimum atomic E-state index is -0.142. The monoisotopic (exact) mass is 378 g/mol. The van der Waals surface area contributed by atoms with Gasteiger partial charge in [-0.3, -0.25) is 9.59 Å². The summed E-state index contributed by atoms with van der Waals surface area (Å²) >= 11 is 0. The van der Waals surface area contributed by atoms with Gasteiger partial charge in [-0.05, 0) is 79.5 Å². The molecule has 0 aromatic heterocycles. The Bertz CT molecular complexity index is 907. The van der Waals surface area contributed by atoms with Crippen molar-refractivity contribution < 1.29 is 14.3 Å². The van der Waals surface area contributed by atoms with Crippen molar-refractivity contribution in [3.63, 3.8) is 0 Å². The lowest BCUT2D eigenvalue weighted by Gasteiger charge is -2.20. The third kappa shape index (κ3) is 4.19. The van der Waals surface area contributed by atoms with E-state index in [9.17, 15) is 9.59 Å². The molecule has 146 valence electrons. The molecule has 28 heavy (non-hydrogen) atoms. The second-order valence-corrected chi connectivity index (χ2v) is 7.68. The second kappa shape index (κ2) is 8.05. The van der Waals surface area contributed by atoms with Crippen LogP contribution in [0.25, 0.3) is 0 Å². The quantitative estimate of drug-likeness (QED) is 0.834. The highest BCUT2D eigenvalue weighted by Gasteiger charge is 2.17. The molecule has 1 aliphatic heterocycles. The van der Waals surface area contributed by atoms with E-state index in [0.29, 0.717) is 18.6 Å². The summed E-state index contributed by atoms with van der Waals surface area (Å²) in [6.45, 7) is 1.98. The molecule has 0 saturated heterocycles. The van der Waals surface area contributed by atoms with Gasteiger partial charge in [0.2, 0.25) is 5.91 Å². The SMILES string of the molecule is C[C@H](NC(=O)COc1ccc2c(c1)CCC(=O)N2)c1ccc2c(c1)CCCC2. The van der Waals surface area contributed by atoms with Crippen LogP contribution in [-0.2, 0) is 28.9 Å². The smallest absolute Gasteiger partial charge is 0.258 e. The molecule has 2 amide bonds. The van der Waals surface area contributed by atoms with Crippen LogP contribution in [0.4, 0.5) is 5.69 Å². The Kier molecular flexibility index (Phi) is 5.33. The van der Waals surface area contributed by atoms with Gasteiger partial charge in [0.15, 0.2) is 6.61 Å². The lowest BCUT2D eigenvalue weighted by Crippen LogP contribution is -2.31. The summed E-state index contributed by atoms with van der Waals surface area (Å²) in [7, 11) is 0. The fraction of sp³-hybridized carbons (Fsp3) is 0.391. The van der Waals surface area contributed by atoms with E-state index in [0.717, 1.165) is 29.7 Å². The summed E-state index contributed by atoms with van der Waals surface area (Å²) in [5, 5.41) is 5.86. The Balaban J connectivity index is 1.32. The molecule has 4 rings (SSSR count). The van der Waals surface area contributed by atoms with Gasteiger partial charge in [-0.25, -0.2) is 0 Å². The van der Waals surface area contributed by atoms with Gasteiger partial charge in [0.25, 0.3) is 5.91 Å². The number of ether oxygens (including phenoxy) is 1. The molecule has 0 saturated carbocycles. The van der Waals surface area contributed by atoms with Crippen LogP contribution in [0.2, 0.25) is 0 Å². The topological polar surface area (TPSA) is 67.4 Å². The molecular weight excluding hydrogens is 352 g/mol. The first kappa shape index (κ1) is 18.5. The average molecular weight is 378 g/mol. The fourth-order valence-electron chi connectivity index (χ4n) is 3.99. The largest absolute Gasteiger partial charge is 0.484 e. The molecule has 2 N–H and O–H groups in total. The van der Waals surface area contributed by atoms with Gasteiger partial charge in [-0.2, -0.15) is 0 Å². The van der Waals surface area contributed by atoms with Crippen molar-refractivity contribution in [3.05, 3.63) is 58.7 Å². The third-order valence-electron chi connectivity index (χ3n) is 5.59. The molecule has 1 aliphatic carbocycles. The van der Waals surface area contributed by atoms with Crippen LogP contribution >= 0.6 is 0 Å². The maximum absolute atomic E-state index is 12.3. The second-order valence-electron chi connectivity index (χ2n) is 7.68. The van der Waals surface area contributed by atoms with Crippen molar-refractivity contribution >= 4 is 17.5 Å². The fourth-order valence-corrected chi connectivity index (χ4v) is 3.99. The summed E-state index contributed by atoms with van der Waals surface area (Å²) < 4.78 is 5.66. The van der Waals surface area contributed by atoms with E-state index < -0.39 is 0 Å². The highest BCUT2D eigenvalue weighted by Crippen LogP contribution is 2.27. The highest BCUT2D eigenvalue weighted by atomic mass is 16.5. The number of amides is 2. The van der Waals surface area contributed by atoms with E-state index in [1.807, 2.05) is 19.1 Å². The lowest BCUT2D eigenvalue weighted by atomic mass is 9.89. The zero-order valence-electron chi connectivity index (χ0n) is 16.2. The number of carbonyl (C=O) groups excluding carboxylic acids is 2. The molecule has 0 bridgehead atoms. The van der Waals surface area contributed by atoms with E-state index in [-0.39, 0.29) is 24.5 Å². The molecule has 1 atom stereocenters.